The van der Waals surface area contributed by atoms with Crippen LogP contribution >= 0.6 is 0 Å². The molecule has 4 amide bonds. The minimum atomic E-state index is -1.06. The van der Waals surface area contributed by atoms with Gasteiger partial charge in [-0.3, -0.25) is 24.0 Å². The van der Waals surface area contributed by atoms with Crippen LogP contribution in [0, 0.1) is 11.8 Å². The number of aryl methyl sites for hydroxylation is 1. The zero-order valence-electron chi connectivity index (χ0n) is 31.2. The van der Waals surface area contributed by atoms with E-state index in [2.05, 4.69) is 26.4 Å². The predicted molar refractivity (Wildman–Crippen MR) is 197 cm³/mol. The second-order valence-corrected chi connectivity index (χ2v) is 14.8. The minimum Gasteiger partial charge on any atom is -0.388 e. The molecule has 2 heterocycles. The molecule has 5 unspecified atom stereocenters. The van der Waals surface area contributed by atoms with Crippen molar-refractivity contribution in [2.24, 2.45) is 11.8 Å². The second kappa shape index (κ2) is 19.3. The van der Waals surface area contributed by atoms with E-state index in [0.29, 0.717) is 18.5 Å². The van der Waals surface area contributed by atoms with Crippen molar-refractivity contribution in [1.82, 2.24) is 26.4 Å². The summed E-state index contributed by atoms with van der Waals surface area (Å²) in [5.74, 6) is -2.07. The number of epoxide rings is 1. The van der Waals surface area contributed by atoms with Crippen LogP contribution in [0.1, 0.15) is 76.5 Å². The molecule has 13 nitrogen and oxygen atoms in total. The van der Waals surface area contributed by atoms with Crippen LogP contribution in [0.25, 0.3) is 0 Å². The van der Waals surface area contributed by atoms with Gasteiger partial charge in [0.1, 0.15) is 30.3 Å². The highest BCUT2D eigenvalue weighted by molar-refractivity contribution is 5.98. The van der Waals surface area contributed by atoms with E-state index in [1.54, 1.807) is 6.92 Å². The number of hydrogen-bond acceptors (Lipinski definition) is 9. The van der Waals surface area contributed by atoms with Gasteiger partial charge in [-0.05, 0) is 55.6 Å². The third kappa shape index (κ3) is 12.9. The third-order valence-corrected chi connectivity index (χ3v) is 9.02. The molecule has 1 aromatic heterocycles. The molecule has 4 rings (SSSR count). The molecule has 3 aromatic rings. The molecule has 0 aliphatic carbocycles. The van der Waals surface area contributed by atoms with Gasteiger partial charge in [-0.25, -0.2) is 0 Å². The standard InChI is InChI=1S/C40H53N5O8/c1-25(2)18-32(36(48)40(5)24-52-40)42-39(51)34(20-28-14-10-7-11-15-28)44-38(50)33(19-26(3)4)43-37(49)31(17-16-27-12-8-6-9-13-27)41-35(47)22-29-21-30(23-46)53-45-29/h6-15,21,25-26,31-34,46H,16-20,22-24H2,1-5H3,(H,41,47)(H,42,51)(H,43,49)(H,44,50). The maximum atomic E-state index is 14.1. The van der Waals surface area contributed by atoms with Gasteiger partial charge >= 0.3 is 0 Å². The average Bonchev–Trinajstić information content (AvgIpc) is 3.72. The summed E-state index contributed by atoms with van der Waals surface area (Å²) in [5.41, 5.74) is 1.11. The lowest BCUT2D eigenvalue weighted by molar-refractivity contribution is -0.135. The topological polar surface area (TPSA) is 192 Å². The fourth-order valence-electron chi connectivity index (χ4n) is 6.05. The van der Waals surface area contributed by atoms with Crippen molar-refractivity contribution in [1.29, 1.82) is 0 Å². The maximum Gasteiger partial charge on any atom is 0.243 e. The number of ether oxygens (including phenoxy) is 1. The van der Waals surface area contributed by atoms with Gasteiger partial charge in [0.2, 0.25) is 23.6 Å². The Kier molecular flexibility index (Phi) is 14.9. The van der Waals surface area contributed by atoms with Gasteiger partial charge in [0.25, 0.3) is 0 Å². The lowest BCUT2D eigenvalue weighted by Crippen LogP contribution is -2.59. The number of aliphatic hydroxyl groups is 1. The molecule has 2 aromatic carbocycles. The van der Waals surface area contributed by atoms with Crippen molar-refractivity contribution >= 4 is 29.4 Å². The Morgan fingerprint density at radius 3 is 1.85 bits per heavy atom. The minimum absolute atomic E-state index is 0.0231. The molecular formula is C40H53N5O8. The summed E-state index contributed by atoms with van der Waals surface area (Å²) in [4.78, 5) is 68.4. The smallest absolute Gasteiger partial charge is 0.243 e. The van der Waals surface area contributed by atoms with Crippen LogP contribution in [0.2, 0.25) is 0 Å². The Bertz CT molecular complexity index is 1670. The molecule has 0 spiro atoms. The number of hydrogen-bond donors (Lipinski definition) is 5. The van der Waals surface area contributed by atoms with Crippen molar-refractivity contribution in [3.63, 3.8) is 0 Å². The SMILES string of the molecule is CC(C)CC(NC(=O)C(CCc1ccccc1)NC(=O)Cc1cc(CO)on1)C(=O)NC(Cc1ccccc1)C(=O)NC(CC(C)C)C(=O)C1(C)CO1. The summed E-state index contributed by atoms with van der Waals surface area (Å²) in [7, 11) is 0. The molecule has 1 saturated heterocycles. The van der Waals surface area contributed by atoms with Gasteiger partial charge in [-0.1, -0.05) is 93.5 Å². The average molecular weight is 732 g/mol. The number of aromatic nitrogens is 1. The van der Waals surface area contributed by atoms with Crippen LogP contribution in [-0.4, -0.2) is 76.1 Å². The van der Waals surface area contributed by atoms with Gasteiger partial charge in [0.15, 0.2) is 11.5 Å². The summed E-state index contributed by atoms with van der Waals surface area (Å²) in [5, 5.41) is 24.5. The van der Waals surface area contributed by atoms with Crippen LogP contribution in [0.15, 0.2) is 71.3 Å². The number of nitrogens with zero attached hydrogens (tertiary/aromatic N) is 1. The zero-order valence-corrected chi connectivity index (χ0v) is 31.2. The number of nitrogens with one attached hydrogen (secondary N) is 4. The lowest BCUT2D eigenvalue weighted by atomic mass is 9.93. The number of ketones is 1. The summed E-state index contributed by atoms with van der Waals surface area (Å²) >= 11 is 0. The number of carbonyl (C=O) groups is 5. The second-order valence-electron chi connectivity index (χ2n) is 14.8. The molecule has 5 atom stereocenters. The highest BCUT2D eigenvalue weighted by Crippen LogP contribution is 2.29. The number of benzene rings is 2. The molecule has 1 aliphatic heterocycles. The fraction of sp³-hybridized carbons (Fsp3) is 0.500. The van der Waals surface area contributed by atoms with Crippen molar-refractivity contribution < 1.29 is 38.3 Å². The van der Waals surface area contributed by atoms with Crippen LogP contribution < -0.4 is 21.3 Å². The molecule has 5 N–H and O–H groups in total. The first-order valence-electron chi connectivity index (χ1n) is 18.3. The number of carbonyl (C=O) groups excluding carboxylic acids is 5. The number of rotatable bonds is 21. The van der Waals surface area contributed by atoms with Gasteiger partial charge in [-0.2, -0.15) is 0 Å². The van der Waals surface area contributed by atoms with E-state index >= 15 is 0 Å². The van der Waals surface area contributed by atoms with Crippen LogP contribution in [0.4, 0.5) is 0 Å². The summed E-state index contributed by atoms with van der Waals surface area (Å²) in [6, 6.07) is 16.3. The first-order valence-corrected chi connectivity index (χ1v) is 18.3. The van der Waals surface area contributed by atoms with E-state index in [9.17, 15) is 29.1 Å². The zero-order chi connectivity index (χ0) is 38.5. The fourth-order valence-corrected chi connectivity index (χ4v) is 6.05. The molecule has 286 valence electrons. The van der Waals surface area contributed by atoms with Gasteiger partial charge in [0.05, 0.1) is 24.8 Å². The Balaban J connectivity index is 1.53. The summed E-state index contributed by atoms with van der Waals surface area (Å²) in [6.07, 6.45) is 1.33. The lowest BCUT2D eigenvalue weighted by Gasteiger charge is -2.28. The maximum absolute atomic E-state index is 14.1. The summed E-state index contributed by atoms with van der Waals surface area (Å²) < 4.78 is 10.4. The van der Waals surface area contributed by atoms with Crippen molar-refractivity contribution in [3.8, 4) is 0 Å². The molecule has 53 heavy (non-hydrogen) atoms. The van der Waals surface area contributed by atoms with E-state index < -0.39 is 53.4 Å². The first kappa shape index (κ1) is 40.9. The van der Waals surface area contributed by atoms with Crippen molar-refractivity contribution in [2.45, 2.75) is 110 Å². The van der Waals surface area contributed by atoms with E-state index in [4.69, 9.17) is 9.26 Å². The number of aliphatic hydroxyl groups excluding tert-OH is 1. The van der Waals surface area contributed by atoms with Crippen LogP contribution in [0.3, 0.4) is 0 Å². The normalized spacial score (nSPS) is 17.4. The molecular weight excluding hydrogens is 678 g/mol. The first-order chi connectivity index (χ1) is 25.3. The molecule has 1 aliphatic rings. The van der Waals surface area contributed by atoms with E-state index in [1.807, 2.05) is 88.4 Å². The summed E-state index contributed by atoms with van der Waals surface area (Å²) in [6.45, 7) is 9.37. The molecule has 0 bridgehead atoms. The molecule has 0 radical (unpaired) electrons. The highest BCUT2D eigenvalue weighted by atomic mass is 16.6. The Morgan fingerprint density at radius 2 is 1.28 bits per heavy atom. The number of amides is 4. The van der Waals surface area contributed by atoms with Crippen molar-refractivity contribution in [3.05, 3.63) is 89.3 Å². The third-order valence-electron chi connectivity index (χ3n) is 9.02. The van der Waals surface area contributed by atoms with Gasteiger partial charge < -0.3 is 35.6 Å². The largest absolute Gasteiger partial charge is 0.388 e. The highest BCUT2D eigenvalue weighted by Gasteiger charge is 2.50. The van der Waals surface area contributed by atoms with Gasteiger partial charge in [0, 0.05) is 12.5 Å². The van der Waals surface area contributed by atoms with E-state index in [1.165, 1.54) is 6.07 Å². The predicted octanol–water partition coefficient (Wildman–Crippen LogP) is 2.97. The quantitative estimate of drug-likeness (QED) is 0.103. The van der Waals surface area contributed by atoms with E-state index in [-0.39, 0.29) is 62.3 Å². The Labute approximate surface area is 311 Å². The Morgan fingerprint density at radius 1 is 0.755 bits per heavy atom. The number of Topliss-reactive ketones (excluding diaryl/α,β-unsaturated/α-hetero) is 1. The van der Waals surface area contributed by atoms with Crippen LogP contribution in [0.5, 0.6) is 0 Å². The monoisotopic (exact) mass is 731 g/mol. The molecule has 13 heteroatoms. The van der Waals surface area contributed by atoms with E-state index in [0.717, 1.165) is 11.1 Å². The Hall–Kier alpha value is -4.88. The van der Waals surface area contributed by atoms with Crippen molar-refractivity contribution in [2.75, 3.05) is 6.61 Å². The molecule has 1 fully saturated rings. The molecule has 0 saturated carbocycles. The van der Waals surface area contributed by atoms with Crippen LogP contribution in [-0.2, 0) is 54.6 Å². The van der Waals surface area contributed by atoms with Gasteiger partial charge in [-0.15, -0.1) is 0 Å².